The third-order valence-electron chi connectivity index (χ3n) is 2.80. The van der Waals surface area contributed by atoms with E-state index in [1.807, 2.05) is 19.1 Å². The zero-order valence-corrected chi connectivity index (χ0v) is 10.7. The van der Waals surface area contributed by atoms with Crippen molar-refractivity contribution in [1.29, 1.82) is 0 Å². The first-order valence-electron chi connectivity index (χ1n) is 5.91. The van der Waals surface area contributed by atoms with Gasteiger partial charge < -0.3 is 16.8 Å². The monoisotopic (exact) mass is 256 g/mol. The van der Waals surface area contributed by atoms with E-state index in [-0.39, 0.29) is 0 Å². The van der Waals surface area contributed by atoms with Crippen LogP contribution in [0.1, 0.15) is 21.6 Å². The van der Waals surface area contributed by atoms with Gasteiger partial charge in [0, 0.05) is 18.4 Å². The Morgan fingerprint density at radius 1 is 1.32 bits per heavy atom. The number of benzene rings is 1. The van der Waals surface area contributed by atoms with E-state index in [1.54, 1.807) is 24.4 Å². The first kappa shape index (κ1) is 12.9. The molecule has 0 bridgehead atoms. The van der Waals surface area contributed by atoms with Crippen molar-refractivity contribution in [3.05, 3.63) is 53.3 Å². The van der Waals surface area contributed by atoms with Crippen LogP contribution in [0.25, 0.3) is 0 Å². The van der Waals surface area contributed by atoms with Gasteiger partial charge in [-0.05, 0) is 30.7 Å². The Kier molecular flexibility index (Phi) is 3.66. The number of nitrogens with one attached hydrogen (secondary N) is 1. The highest BCUT2D eigenvalue weighted by molar-refractivity contribution is 6.01. The number of carbonyl (C=O) groups excluding carboxylic acids is 1. The van der Waals surface area contributed by atoms with Crippen LogP contribution in [-0.2, 0) is 6.54 Å². The van der Waals surface area contributed by atoms with E-state index in [0.717, 1.165) is 11.3 Å². The summed E-state index contributed by atoms with van der Waals surface area (Å²) in [6.45, 7) is 2.46. The Labute approximate surface area is 111 Å². The molecule has 0 aliphatic heterocycles. The summed E-state index contributed by atoms with van der Waals surface area (Å²) in [7, 11) is 0. The Morgan fingerprint density at radius 3 is 2.74 bits per heavy atom. The summed E-state index contributed by atoms with van der Waals surface area (Å²) < 4.78 is 0. The Balaban J connectivity index is 2.19. The minimum atomic E-state index is -0.503. The van der Waals surface area contributed by atoms with Crippen LogP contribution in [0.2, 0.25) is 0 Å². The number of amides is 1. The van der Waals surface area contributed by atoms with E-state index >= 15 is 0 Å². The van der Waals surface area contributed by atoms with Gasteiger partial charge in [0.15, 0.2) is 0 Å². The van der Waals surface area contributed by atoms with Crippen molar-refractivity contribution in [2.75, 3.05) is 11.1 Å². The second-order valence-corrected chi connectivity index (χ2v) is 4.30. The van der Waals surface area contributed by atoms with E-state index in [0.29, 0.717) is 23.5 Å². The molecule has 0 saturated carbocycles. The van der Waals surface area contributed by atoms with Gasteiger partial charge in [0.1, 0.15) is 0 Å². The first-order valence-corrected chi connectivity index (χ1v) is 5.91. The van der Waals surface area contributed by atoms with Gasteiger partial charge in [0.05, 0.1) is 16.9 Å². The van der Waals surface area contributed by atoms with E-state index < -0.39 is 5.91 Å². The molecule has 5 N–H and O–H groups in total. The minimum Gasteiger partial charge on any atom is -0.397 e. The van der Waals surface area contributed by atoms with Crippen LogP contribution >= 0.6 is 0 Å². The largest absolute Gasteiger partial charge is 0.397 e. The third-order valence-corrected chi connectivity index (χ3v) is 2.80. The average molecular weight is 256 g/mol. The molecule has 5 nitrogen and oxygen atoms in total. The van der Waals surface area contributed by atoms with Crippen LogP contribution in [0.5, 0.6) is 0 Å². The molecule has 1 aromatic heterocycles. The molecule has 0 radical (unpaired) electrons. The maximum absolute atomic E-state index is 11.3. The Hall–Kier alpha value is -2.56. The van der Waals surface area contributed by atoms with Crippen LogP contribution in [0.15, 0.2) is 36.5 Å². The molecule has 0 fully saturated rings. The second kappa shape index (κ2) is 5.39. The number of nitrogens with zero attached hydrogens (tertiary/aromatic N) is 1. The highest BCUT2D eigenvalue weighted by Crippen LogP contribution is 2.23. The molecular weight excluding hydrogens is 240 g/mol. The number of carbonyl (C=O) groups is 1. The maximum Gasteiger partial charge on any atom is 0.250 e. The van der Waals surface area contributed by atoms with Crippen molar-refractivity contribution in [3.63, 3.8) is 0 Å². The quantitative estimate of drug-likeness (QED) is 0.725. The van der Waals surface area contributed by atoms with Gasteiger partial charge in [-0.2, -0.15) is 0 Å². The number of hydrogen-bond acceptors (Lipinski definition) is 4. The van der Waals surface area contributed by atoms with Crippen LogP contribution in [0.3, 0.4) is 0 Å². The fraction of sp³-hybridized carbons (Fsp3) is 0.143. The van der Waals surface area contributed by atoms with Gasteiger partial charge in [-0.1, -0.05) is 12.1 Å². The average Bonchev–Trinajstić information content (AvgIpc) is 2.39. The van der Waals surface area contributed by atoms with E-state index in [9.17, 15) is 4.79 Å². The number of hydrogen-bond donors (Lipinski definition) is 3. The first-order chi connectivity index (χ1) is 9.08. The van der Waals surface area contributed by atoms with Crippen LogP contribution in [0, 0.1) is 6.92 Å². The Morgan fingerprint density at radius 2 is 2.11 bits per heavy atom. The van der Waals surface area contributed by atoms with E-state index in [1.165, 1.54) is 0 Å². The number of aryl methyl sites for hydroxylation is 1. The van der Waals surface area contributed by atoms with Gasteiger partial charge in [0.25, 0.3) is 5.91 Å². The zero-order chi connectivity index (χ0) is 13.8. The molecule has 19 heavy (non-hydrogen) atoms. The Bertz CT molecular complexity index is 593. The predicted octanol–water partition coefficient (Wildman–Crippen LogP) is 1.68. The van der Waals surface area contributed by atoms with Crippen molar-refractivity contribution in [2.24, 2.45) is 5.73 Å². The van der Waals surface area contributed by atoms with Crippen LogP contribution in [0.4, 0.5) is 11.4 Å². The van der Waals surface area contributed by atoms with Crippen LogP contribution in [-0.4, -0.2) is 10.9 Å². The third kappa shape index (κ3) is 3.01. The summed E-state index contributed by atoms with van der Waals surface area (Å²) in [6, 6.07) is 8.98. The highest BCUT2D eigenvalue weighted by atomic mass is 16.1. The molecular formula is C14H16N4O. The molecule has 0 aliphatic rings. The zero-order valence-electron chi connectivity index (χ0n) is 10.7. The van der Waals surface area contributed by atoms with Gasteiger partial charge in [-0.3, -0.25) is 9.78 Å². The second-order valence-electron chi connectivity index (χ2n) is 4.30. The lowest BCUT2D eigenvalue weighted by Gasteiger charge is -2.12. The highest BCUT2D eigenvalue weighted by Gasteiger charge is 2.10. The molecule has 2 rings (SSSR count). The lowest BCUT2D eigenvalue weighted by atomic mass is 10.1. The molecule has 0 atom stereocenters. The normalized spacial score (nSPS) is 10.2. The van der Waals surface area contributed by atoms with Crippen LogP contribution < -0.4 is 16.8 Å². The van der Waals surface area contributed by atoms with Crippen molar-refractivity contribution in [2.45, 2.75) is 13.5 Å². The van der Waals surface area contributed by atoms with E-state index in [2.05, 4.69) is 10.3 Å². The molecule has 1 heterocycles. The fourth-order valence-corrected chi connectivity index (χ4v) is 1.77. The lowest BCUT2D eigenvalue weighted by molar-refractivity contribution is 0.100. The molecule has 5 heteroatoms. The smallest absolute Gasteiger partial charge is 0.250 e. The van der Waals surface area contributed by atoms with Gasteiger partial charge >= 0.3 is 0 Å². The summed E-state index contributed by atoms with van der Waals surface area (Å²) in [4.78, 5) is 15.6. The van der Waals surface area contributed by atoms with E-state index in [4.69, 9.17) is 11.5 Å². The summed E-state index contributed by atoms with van der Waals surface area (Å²) >= 11 is 0. The summed E-state index contributed by atoms with van der Waals surface area (Å²) in [5.41, 5.74) is 14.6. The maximum atomic E-state index is 11.3. The van der Waals surface area contributed by atoms with Crippen molar-refractivity contribution in [3.8, 4) is 0 Å². The van der Waals surface area contributed by atoms with Crippen molar-refractivity contribution < 1.29 is 4.79 Å². The summed E-state index contributed by atoms with van der Waals surface area (Å²) in [5, 5.41) is 3.13. The van der Waals surface area contributed by atoms with Gasteiger partial charge in [-0.25, -0.2) is 0 Å². The standard InChI is InChI=1S/C14H16N4O/c1-9-5-6-10(7-17-9)8-18-13-11(14(16)19)3-2-4-12(13)15/h2-7,18H,8,15H2,1H3,(H2,16,19). The number of primary amides is 1. The number of nitrogen functional groups attached to an aromatic ring is 1. The van der Waals surface area contributed by atoms with Crippen molar-refractivity contribution >= 4 is 17.3 Å². The SMILES string of the molecule is Cc1ccc(CNc2c(N)cccc2C(N)=O)cn1. The molecule has 2 aromatic rings. The fourth-order valence-electron chi connectivity index (χ4n) is 1.77. The molecule has 1 aromatic carbocycles. The molecule has 98 valence electrons. The number of anilines is 2. The molecule has 0 spiro atoms. The topological polar surface area (TPSA) is 94.0 Å². The summed E-state index contributed by atoms with van der Waals surface area (Å²) in [6.07, 6.45) is 1.78. The number of pyridine rings is 1. The lowest BCUT2D eigenvalue weighted by Crippen LogP contribution is -2.15. The van der Waals surface area contributed by atoms with Gasteiger partial charge in [-0.15, -0.1) is 0 Å². The molecule has 0 unspecified atom stereocenters. The number of aromatic nitrogens is 1. The van der Waals surface area contributed by atoms with Crippen molar-refractivity contribution in [1.82, 2.24) is 4.98 Å². The molecule has 0 saturated heterocycles. The molecule has 0 aliphatic carbocycles. The molecule has 1 amide bonds. The van der Waals surface area contributed by atoms with Gasteiger partial charge in [0.2, 0.25) is 0 Å². The predicted molar refractivity (Wildman–Crippen MR) is 75.7 cm³/mol. The number of para-hydroxylation sites is 1. The number of rotatable bonds is 4. The summed E-state index contributed by atoms with van der Waals surface area (Å²) in [5.74, 6) is -0.503. The number of nitrogens with two attached hydrogens (primary N) is 2. The minimum absolute atomic E-state index is 0.389.